The third-order valence-electron chi connectivity index (χ3n) is 5.33. The number of aromatic hydroxyl groups is 1. The quantitative estimate of drug-likeness (QED) is 0.597. The highest BCUT2D eigenvalue weighted by Gasteiger charge is 2.27. The predicted octanol–water partition coefficient (Wildman–Crippen LogP) is 3.78. The van der Waals surface area contributed by atoms with Crippen molar-refractivity contribution in [1.29, 1.82) is 0 Å². The van der Waals surface area contributed by atoms with Gasteiger partial charge in [-0.25, -0.2) is 8.78 Å². The minimum Gasteiger partial charge on any atom is -0.507 e. The molecule has 2 aromatic carbocycles. The number of hydrogen-bond acceptors (Lipinski definition) is 6. The summed E-state index contributed by atoms with van der Waals surface area (Å²) in [5, 5.41) is 10.3. The number of carbonyl (C=O) groups excluding carboxylic acids is 1. The molecular formula is C22H19ClF2N4O3. The highest BCUT2D eigenvalue weighted by molar-refractivity contribution is 6.34. The second-order valence-electron chi connectivity index (χ2n) is 7.13. The topological polar surface area (TPSA) is 78.8 Å². The second-order valence-corrected chi connectivity index (χ2v) is 7.54. The van der Waals surface area contributed by atoms with Gasteiger partial charge >= 0.3 is 6.01 Å². The Morgan fingerprint density at radius 2 is 1.94 bits per heavy atom. The first-order chi connectivity index (χ1) is 15.3. The van der Waals surface area contributed by atoms with Crippen molar-refractivity contribution in [3.63, 3.8) is 0 Å². The van der Waals surface area contributed by atoms with E-state index in [-0.39, 0.29) is 33.6 Å². The number of nitrogens with zero attached hydrogens (tertiary/aromatic N) is 4. The summed E-state index contributed by atoms with van der Waals surface area (Å²) in [4.78, 5) is 23.9. The van der Waals surface area contributed by atoms with E-state index in [1.54, 1.807) is 4.90 Å². The van der Waals surface area contributed by atoms with Crippen LogP contribution in [0.4, 0.5) is 14.6 Å². The average molecular weight is 461 g/mol. The van der Waals surface area contributed by atoms with E-state index in [2.05, 4.69) is 16.5 Å². The van der Waals surface area contributed by atoms with Gasteiger partial charge in [0.1, 0.15) is 22.9 Å². The van der Waals surface area contributed by atoms with Crippen LogP contribution < -0.4 is 9.64 Å². The first kappa shape index (κ1) is 21.8. The number of anilines is 1. The van der Waals surface area contributed by atoms with Crippen LogP contribution in [0.2, 0.25) is 5.02 Å². The van der Waals surface area contributed by atoms with Crippen molar-refractivity contribution < 1.29 is 23.4 Å². The number of benzene rings is 2. The molecular weight excluding hydrogens is 442 g/mol. The molecule has 0 saturated carbocycles. The van der Waals surface area contributed by atoms with Crippen molar-refractivity contribution in [2.24, 2.45) is 0 Å². The standard InChI is InChI=1S/C22H19ClF2N4O3/c1-3-16(31)28-7-9-29(10-8-28)21-12-11-13(23)17(18-14(24)5-4-6-15(18)30)19(25)20(12)26-22(27-21)32-2/h3-6,11,30H,1,7-10H2,2H3. The molecule has 4 rings (SSSR count). The van der Waals surface area contributed by atoms with Crippen LogP contribution in [0.15, 0.2) is 36.9 Å². The van der Waals surface area contributed by atoms with Crippen molar-refractivity contribution in [2.75, 3.05) is 38.2 Å². The van der Waals surface area contributed by atoms with Gasteiger partial charge in [-0.2, -0.15) is 9.97 Å². The number of phenolic OH excluding ortho intramolecular Hbond substituents is 1. The fourth-order valence-electron chi connectivity index (χ4n) is 3.75. The Kier molecular flexibility index (Phi) is 5.84. The monoisotopic (exact) mass is 460 g/mol. The van der Waals surface area contributed by atoms with E-state index in [1.807, 2.05) is 4.90 Å². The predicted molar refractivity (Wildman–Crippen MR) is 117 cm³/mol. The van der Waals surface area contributed by atoms with E-state index in [0.29, 0.717) is 37.4 Å². The van der Waals surface area contributed by atoms with Gasteiger partial charge in [-0.1, -0.05) is 24.2 Å². The van der Waals surface area contributed by atoms with Crippen molar-refractivity contribution in [1.82, 2.24) is 14.9 Å². The third kappa shape index (κ3) is 3.69. The van der Waals surface area contributed by atoms with Crippen LogP contribution in [0.25, 0.3) is 22.0 Å². The molecule has 0 bridgehead atoms. The highest BCUT2D eigenvalue weighted by Crippen LogP contribution is 2.42. The van der Waals surface area contributed by atoms with Crippen molar-refractivity contribution >= 4 is 34.2 Å². The zero-order valence-corrected chi connectivity index (χ0v) is 17.9. The number of hydrogen-bond donors (Lipinski definition) is 1. The van der Waals surface area contributed by atoms with E-state index in [4.69, 9.17) is 16.3 Å². The van der Waals surface area contributed by atoms with Crippen molar-refractivity contribution in [2.45, 2.75) is 0 Å². The largest absolute Gasteiger partial charge is 0.507 e. The molecule has 0 spiro atoms. The first-order valence-electron chi connectivity index (χ1n) is 9.73. The summed E-state index contributed by atoms with van der Waals surface area (Å²) in [6, 6.07) is 5.01. The number of amides is 1. The number of fused-ring (bicyclic) bond motifs is 1. The number of methoxy groups -OCH3 is 1. The van der Waals surface area contributed by atoms with E-state index in [9.17, 15) is 14.3 Å². The number of piperazine rings is 1. The molecule has 0 aliphatic carbocycles. The van der Waals surface area contributed by atoms with Crippen LogP contribution >= 0.6 is 11.6 Å². The van der Waals surface area contributed by atoms with Crippen LogP contribution in [0.3, 0.4) is 0 Å². The molecule has 7 nitrogen and oxygen atoms in total. The average Bonchev–Trinajstić information content (AvgIpc) is 2.80. The van der Waals surface area contributed by atoms with Gasteiger partial charge in [0.2, 0.25) is 5.91 Å². The molecule has 3 aromatic rings. The lowest BCUT2D eigenvalue weighted by molar-refractivity contribution is -0.126. The minimum absolute atomic E-state index is 0.0815. The van der Waals surface area contributed by atoms with Gasteiger partial charge in [0.25, 0.3) is 0 Å². The summed E-state index contributed by atoms with van der Waals surface area (Å²) in [7, 11) is 1.35. The number of rotatable bonds is 4. The number of phenols is 1. The maximum absolute atomic E-state index is 15.7. The minimum atomic E-state index is -0.907. The Morgan fingerprint density at radius 3 is 2.56 bits per heavy atom. The second kappa shape index (κ2) is 8.58. The Labute approximate surface area is 187 Å². The lowest BCUT2D eigenvalue weighted by Gasteiger charge is -2.35. The molecule has 0 atom stereocenters. The Hall–Kier alpha value is -3.46. The number of carbonyl (C=O) groups is 1. The number of aromatic nitrogens is 2. The summed E-state index contributed by atoms with van der Waals surface area (Å²) >= 11 is 6.37. The maximum atomic E-state index is 15.7. The van der Waals surface area contributed by atoms with E-state index < -0.39 is 17.4 Å². The summed E-state index contributed by atoms with van der Waals surface area (Å²) in [6.45, 7) is 5.22. The normalized spacial score (nSPS) is 14.0. The Morgan fingerprint density at radius 1 is 1.22 bits per heavy atom. The van der Waals surface area contributed by atoms with Crippen LogP contribution in [-0.4, -0.2) is 59.2 Å². The van der Waals surface area contributed by atoms with Gasteiger partial charge in [-0.15, -0.1) is 0 Å². The first-order valence-corrected chi connectivity index (χ1v) is 10.1. The molecule has 1 aliphatic heterocycles. The lowest BCUT2D eigenvalue weighted by Crippen LogP contribution is -2.48. The van der Waals surface area contributed by atoms with Crippen molar-refractivity contribution in [3.8, 4) is 22.9 Å². The summed E-state index contributed by atoms with van der Waals surface area (Å²) in [5.41, 5.74) is -0.783. The number of ether oxygens (including phenoxy) is 1. The number of halogens is 3. The molecule has 1 amide bonds. The summed E-state index contributed by atoms with van der Waals surface area (Å²) in [6.07, 6.45) is 1.26. The van der Waals surface area contributed by atoms with Crippen molar-refractivity contribution in [3.05, 3.63) is 53.6 Å². The Balaban J connectivity index is 1.86. The van der Waals surface area contributed by atoms with Gasteiger partial charge < -0.3 is 19.6 Å². The highest BCUT2D eigenvalue weighted by atomic mass is 35.5. The molecule has 32 heavy (non-hydrogen) atoms. The van der Waals surface area contributed by atoms with Gasteiger partial charge in [0.05, 0.1) is 17.7 Å². The van der Waals surface area contributed by atoms with Gasteiger partial charge in [-0.05, 0) is 24.3 Å². The molecule has 2 heterocycles. The van der Waals surface area contributed by atoms with E-state index >= 15 is 4.39 Å². The van der Waals surface area contributed by atoms with Gasteiger partial charge in [0, 0.05) is 37.1 Å². The Bertz CT molecular complexity index is 1210. The van der Waals surface area contributed by atoms with E-state index in [1.165, 1.54) is 31.4 Å². The summed E-state index contributed by atoms with van der Waals surface area (Å²) < 4.78 is 35.3. The third-order valence-corrected chi connectivity index (χ3v) is 5.63. The molecule has 1 aliphatic rings. The SMILES string of the molecule is C=CC(=O)N1CCN(c2nc(OC)nc3c(F)c(-c4c(O)cccc4F)c(Cl)cc23)CC1. The molecule has 1 fully saturated rings. The lowest BCUT2D eigenvalue weighted by atomic mass is 10.0. The molecule has 0 radical (unpaired) electrons. The fraction of sp³-hybridized carbons (Fsp3) is 0.227. The van der Waals surface area contributed by atoms with Crippen LogP contribution in [0, 0.1) is 11.6 Å². The van der Waals surface area contributed by atoms with Gasteiger partial charge in [-0.3, -0.25) is 4.79 Å². The molecule has 1 N–H and O–H groups in total. The zero-order chi connectivity index (χ0) is 23.0. The summed E-state index contributed by atoms with van der Waals surface area (Å²) in [5.74, 6) is -1.97. The molecule has 1 saturated heterocycles. The molecule has 0 unspecified atom stereocenters. The fourth-order valence-corrected chi connectivity index (χ4v) is 4.04. The van der Waals surface area contributed by atoms with E-state index in [0.717, 1.165) is 6.07 Å². The maximum Gasteiger partial charge on any atom is 0.318 e. The van der Waals surface area contributed by atoms with Crippen LogP contribution in [-0.2, 0) is 4.79 Å². The molecule has 1 aromatic heterocycles. The zero-order valence-electron chi connectivity index (χ0n) is 17.1. The molecule has 166 valence electrons. The van der Waals surface area contributed by atoms with Crippen LogP contribution in [0.1, 0.15) is 0 Å². The molecule has 10 heteroatoms. The van der Waals surface area contributed by atoms with Crippen LogP contribution in [0.5, 0.6) is 11.8 Å². The van der Waals surface area contributed by atoms with Gasteiger partial charge in [0.15, 0.2) is 5.82 Å². The smallest absolute Gasteiger partial charge is 0.318 e.